The Kier molecular flexibility index (Phi) is 3.10. The van der Waals surface area contributed by atoms with Crippen molar-refractivity contribution in [1.29, 1.82) is 5.26 Å². The predicted octanol–water partition coefficient (Wildman–Crippen LogP) is 2.03. The second-order valence-corrected chi connectivity index (χ2v) is 3.30. The molecule has 1 aromatic carbocycles. The van der Waals surface area contributed by atoms with E-state index in [-0.39, 0.29) is 11.1 Å². The number of ether oxygens (including phenoxy) is 1. The van der Waals surface area contributed by atoms with Gasteiger partial charge in [0.25, 0.3) is 0 Å². The Bertz CT molecular complexity index is 423. The number of halogens is 1. The maximum absolute atomic E-state index is 10.7. The molecule has 1 N–H and O–H groups in total. The number of rotatable bonds is 2. The average molecular weight is 256 g/mol. The van der Waals surface area contributed by atoms with Gasteiger partial charge in [-0.2, -0.15) is 5.26 Å². The molecule has 4 nitrogen and oxygen atoms in total. The van der Waals surface area contributed by atoms with E-state index >= 15 is 0 Å². The maximum atomic E-state index is 10.7. The van der Waals surface area contributed by atoms with Gasteiger partial charge in [-0.3, -0.25) is 0 Å². The summed E-state index contributed by atoms with van der Waals surface area (Å²) in [6, 6.07) is 4.59. The summed E-state index contributed by atoms with van der Waals surface area (Å²) in [6.07, 6.45) is 0. The minimum Gasteiger partial charge on any atom is -0.495 e. The van der Waals surface area contributed by atoms with E-state index in [0.717, 1.165) is 0 Å². The van der Waals surface area contributed by atoms with E-state index in [4.69, 9.17) is 15.1 Å². The molecule has 0 unspecified atom stereocenters. The fourth-order valence-corrected chi connectivity index (χ4v) is 1.47. The molecule has 0 atom stereocenters. The van der Waals surface area contributed by atoms with Crippen LogP contribution < -0.4 is 4.74 Å². The van der Waals surface area contributed by atoms with Gasteiger partial charge in [0.2, 0.25) is 0 Å². The molecule has 0 bridgehead atoms. The van der Waals surface area contributed by atoms with Crippen LogP contribution in [0, 0.1) is 11.3 Å². The number of benzene rings is 1. The van der Waals surface area contributed by atoms with Gasteiger partial charge < -0.3 is 9.84 Å². The van der Waals surface area contributed by atoms with Crippen molar-refractivity contribution >= 4 is 21.9 Å². The number of hydrogen-bond acceptors (Lipinski definition) is 3. The highest BCUT2D eigenvalue weighted by molar-refractivity contribution is 9.10. The molecule has 0 aliphatic rings. The van der Waals surface area contributed by atoms with E-state index in [1.165, 1.54) is 19.2 Å². The summed E-state index contributed by atoms with van der Waals surface area (Å²) in [4.78, 5) is 10.7. The van der Waals surface area contributed by atoms with Crippen LogP contribution in [0.25, 0.3) is 0 Å². The summed E-state index contributed by atoms with van der Waals surface area (Å²) in [5, 5.41) is 17.5. The Hall–Kier alpha value is -1.54. The van der Waals surface area contributed by atoms with Crippen molar-refractivity contribution < 1.29 is 14.6 Å². The van der Waals surface area contributed by atoms with Crippen LogP contribution in [0.5, 0.6) is 5.75 Å². The first-order valence-electron chi connectivity index (χ1n) is 3.61. The highest BCUT2D eigenvalue weighted by Crippen LogP contribution is 2.26. The first-order valence-corrected chi connectivity index (χ1v) is 4.40. The minimum atomic E-state index is -1.09. The Morgan fingerprint density at radius 2 is 2.29 bits per heavy atom. The lowest BCUT2D eigenvalue weighted by Gasteiger charge is -2.05. The molecule has 72 valence electrons. The Balaban J connectivity index is 3.40. The van der Waals surface area contributed by atoms with Gasteiger partial charge in [-0.05, 0) is 28.1 Å². The first kappa shape index (κ1) is 10.5. The molecule has 0 spiro atoms. The summed E-state index contributed by atoms with van der Waals surface area (Å²) >= 11 is 3.08. The van der Waals surface area contributed by atoms with Gasteiger partial charge in [-0.15, -0.1) is 0 Å². The number of nitriles is 1. The van der Waals surface area contributed by atoms with Gasteiger partial charge in [-0.25, -0.2) is 4.79 Å². The maximum Gasteiger partial charge on any atom is 0.336 e. The lowest BCUT2D eigenvalue weighted by atomic mass is 10.1. The van der Waals surface area contributed by atoms with Crippen LogP contribution in [0.3, 0.4) is 0 Å². The molecule has 14 heavy (non-hydrogen) atoms. The fourth-order valence-electron chi connectivity index (χ4n) is 0.975. The molecule has 1 aromatic rings. The number of methoxy groups -OCH3 is 1. The zero-order valence-corrected chi connectivity index (χ0v) is 8.83. The monoisotopic (exact) mass is 255 g/mol. The number of aromatic carboxylic acids is 1. The minimum absolute atomic E-state index is 0.0438. The van der Waals surface area contributed by atoms with E-state index < -0.39 is 5.97 Å². The van der Waals surface area contributed by atoms with E-state index in [2.05, 4.69) is 15.9 Å². The molecule has 0 aliphatic heterocycles. The average Bonchev–Trinajstić information content (AvgIpc) is 2.16. The quantitative estimate of drug-likeness (QED) is 0.878. The lowest BCUT2D eigenvalue weighted by molar-refractivity contribution is 0.0696. The highest BCUT2D eigenvalue weighted by atomic mass is 79.9. The molecular weight excluding hydrogens is 250 g/mol. The first-order chi connectivity index (χ1) is 6.60. The molecule has 0 heterocycles. The third-order valence-corrected chi connectivity index (χ3v) is 2.30. The predicted molar refractivity (Wildman–Crippen MR) is 52.4 cm³/mol. The van der Waals surface area contributed by atoms with Crippen molar-refractivity contribution in [2.24, 2.45) is 0 Å². The third-order valence-electron chi connectivity index (χ3n) is 1.64. The Morgan fingerprint density at radius 3 is 2.71 bits per heavy atom. The molecule has 0 amide bonds. The van der Waals surface area contributed by atoms with Crippen molar-refractivity contribution in [3.05, 3.63) is 27.7 Å². The van der Waals surface area contributed by atoms with Crippen molar-refractivity contribution in [3.8, 4) is 11.8 Å². The van der Waals surface area contributed by atoms with E-state index in [9.17, 15) is 4.79 Å². The largest absolute Gasteiger partial charge is 0.495 e. The number of carboxylic acid groups (broad SMARTS) is 1. The zero-order valence-electron chi connectivity index (χ0n) is 7.24. The fraction of sp³-hybridized carbons (Fsp3) is 0.111. The molecule has 0 fully saturated rings. The smallest absolute Gasteiger partial charge is 0.336 e. The summed E-state index contributed by atoms with van der Waals surface area (Å²) in [5.74, 6) is -0.736. The number of hydrogen-bond donors (Lipinski definition) is 1. The van der Waals surface area contributed by atoms with E-state index in [0.29, 0.717) is 10.2 Å². The summed E-state index contributed by atoms with van der Waals surface area (Å²) in [7, 11) is 1.42. The van der Waals surface area contributed by atoms with Gasteiger partial charge in [0.15, 0.2) is 0 Å². The van der Waals surface area contributed by atoms with Gasteiger partial charge in [0.05, 0.1) is 18.2 Å². The van der Waals surface area contributed by atoms with Crippen LogP contribution in [-0.2, 0) is 0 Å². The molecule has 0 aromatic heterocycles. The molecule has 1 rings (SSSR count). The number of nitrogens with zero attached hydrogens (tertiary/aromatic N) is 1. The topological polar surface area (TPSA) is 70.3 Å². The normalized spacial score (nSPS) is 9.21. The summed E-state index contributed by atoms with van der Waals surface area (Å²) in [5.41, 5.74) is 0.246. The molecule has 5 heteroatoms. The third kappa shape index (κ3) is 1.86. The standard InChI is InChI=1S/C9H6BrNO3/c1-14-8-3-7(10)6(9(12)13)2-5(8)4-11/h2-3H,1H3,(H,12,13). The summed E-state index contributed by atoms with van der Waals surface area (Å²) in [6.45, 7) is 0. The van der Waals surface area contributed by atoms with Crippen LogP contribution in [0.2, 0.25) is 0 Å². The molecule has 0 radical (unpaired) electrons. The van der Waals surface area contributed by atoms with Crippen LogP contribution in [0.15, 0.2) is 16.6 Å². The van der Waals surface area contributed by atoms with Gasteiger partial charge in [-0.1, -0.05) is 0 Å². The van der Waals surface area contributed by atoms with Gasteiger partial charge in [0.1, 0.15) is 11.8 Å². The second kappa shape index (κ2) is 4.11. The Labute approximate surface area is 88.9 Å². The van der Waals surface area contributed by atoms with Crippen molar-refractivity contribution in [2.45, 2.75) is 0 Å². The molecule has 0 saturated carbocycles. The van der Waals surface area contributed by atoms with Gasteiger partial charge >= 0.3 is 5.97 Å². The highest BCUT2D eigenvalue weighted by Gasteiger charge is 2.13. The molecular formula is C9H6BrNO3. The molecule has 0 saturated heterocycles. The van der Waals surface area contributed by atoms with Crippen LogP contribution >= 0.6 is 15.9 Å². The van der Waals surface area contributed by atoms with Crippen LogP contribution in [-0.4, -0.2) is 18.2 Å². The Morgan fingerprint density at radius 1 is 1.64 bits per heavy atom. The second-order valence-electron chi connectivity index (χ2n) is 2.45. The van der Waals surface area contributed by atoms with E-state index in [1.54, 1.807) is 0 Å². The van der Waals surface area contributed by atoms with Gasteiger partial charge in [0, 0.05) is 4.47 Å². The van der Waals surface area contributed by atoms with E-state index in [1.807, 2.05) is 6.07 Å². The van der Waals surface area contributed by atoms with Crippen molar-refractivity contribution in [3.63, 3.8) is 0 Å². The van der Waals surface area contributed by atoms with Crippen LogP contribution in [0.1, 0.15) is 15.9 Å². The summed E-state index contributed by atoms with van der Waals surface area (Å²) < 4.78 is 5.30. The lowest BCUT2D eigenvalue weighted by Crippen LogP contribution is -2.00. The zero-order chi connectivity index (χ0) is 10.7. The number of carboxylic acids is 1. The van der Waals surface area contributed by atoms with Crippen molar-refractivity contribution in [2.75, 3.05) is 7.11 Å². The SMILES string of the molecule is COc1cc(Br)c(C(=O)O)cc1C#N. The van der Waals surface area contributed by atoms with Crippen molar-refractivity contribution in [1.82, 2.24) is 0 Å². The number of carbonyl (C=O) groups is 1. The molecule has 0 aliphatic carbocycles. The van der Waals surface area contributed by atoms with Crippen LogP contribution in [0.4, 0.5) is 0 Å².